The number of nitrogens with zero attached hydrogens (tertiary/aromatic N) is 1. The molecule has 1 saturated heterocycles. The van der Waals surface area contributed by atoms with E-state index in [4.69, 9.17) is 11.6 Å². The largest absolute Gasteiger partial charge is 0.322 e. The molecule has 6 heteroatoms. The molecule has 4 nitrogen and oxygen atoms in total. The Morgan fingerprint density at radius 1 is 0.968 bits per heavy atom. The van der Waals surface area contributed by atoms with E-state index in [1.54, 1.807) is 36.0 Å². The van der Waals surface area contributed by atoms with Gasteiger partial charge in [0.05, 0.1) is 5.75 Å². The third kappa shape index (κ3) is 4.08. The number of halogens is 1. The van der Waals surface area contributed by atoms with Gasteiger partial charge in [-0.3, -0.25) is 14.5 Å². The lowest BCUT2D eigenvalue weighted by Gasteiger charge is -2.25. The van der Waals surface area contributed by atoms with Gasteiger partial charge in [-0.25, -0.2) is 0 Å². The summed E-state index contributed by atoms with van der Waals surface area (Å²) in [5.74, 6) is 0.416. The highest BCUT2D eigenvalue weighted by atomic mass is 35.5. The number of fused-ring (bicyclic) bond motifs is 1. The number of rotatable bonds is 4. The van der Waals surface area contributed by atoms with Crippen LogP contribution in [0.3, 0.4) is 0 Å². The molecule has 1 aliphatic carbocycles. The number of nitrogens with one attached hydrogen (secondary N) is 1. The maximum atomic E-state index is 12.7. The number of benzene rings is 3. The van der Waals surface area contributed by atoms with Crippen LogP contribution in [0.1, 0.15) is 38.8 Å². The second kappa shape index (κ2) is 8.40. The zero-order valence-corrected chi connectivity index (χ0v) is 18.4. The lowest BCUT2D eigenvalue weighted by molar-refractivity contribution is -0.115. The van der Waals surface area contributed by atoms with Gasteiger partial charge >= 0.3 is 0 Å². The molecule has 3 aromatic carbocycles. The average molecular weight is 449 g/mol. The highest BCUT2D eigenvalue weighted by Gasteiger charge is 2.34. The van der Waals surface area contributed by atoms with Gasteiger partial charge in [0.15, 0.2) is 0 Å². The highest BCUT2D eigenvalue weighted by molar-refractivity contribution is 8.00. The van der Waals surface area contributed by atoms with Crippen LogP contribution in [0.15, 0.2) is 66.7 Å². The van der Waals surface area contributed by atoms with Gasteiger partial charge in [-0.05, 0) is 84.5 Å². The van der Waals surface area contributed by atoms with Crippen molar-refractivity contribution >= 4 is 46.6 Å². The van der Waals surface area contributed by atoms with Gasteiger partial charge in [0.1, 0.15) is 5.37 Å². The Morgan fingerprint density at radius 3 is 2.48 bits per heavy atom. The molecule has 5 rings (SSSR count). The molecule has 0 aromatic heterocycles. The lowest BCUT2D eigenvalue weighted by Crippen LogP contribution is -2.27. The molecule has 31 heavy (non-hydrogen) atoms. The molecule has 1 N–H and O–H groups in total. The second-order valence-corrected chi connectivity index (χ2v) is 9.32. The molecule has 1 heterocycles. The third-order valence-electron chi connectivity index (χ3n) is 5.79. The fraction of sp³-hybridized carbons (Fsp3) is 0.200. The predicted octanol–water partition coefficient (Wildman–Crippen LogP) is 5.86. The van der Waals surface area contributed by atoms with Gasteiger partial charge in [0.2, 0.25) is 5.91 Å². The van der Waals surface area contributed by atoms with Gasteiger partial charge in [-0.15, -0.1) is 11.8 Å². The number of aryl methyl sites for hydroxylation is 2. The molecule has 2 amide bonds. The van der Waals surface area contributed by atoms with Crippen LogP contribution in [0.5, 0.6) is 0 Å². The first-order chi connectivity index (χ1) is 15.1. The van der Waals surface area contributed by atoms with Crippen molar-refractivity contribution < 1.29 is 9.59 Å². The van der Waals surface area contributed by atoms with E-state index in [2.05, 4.69) is 23.5 Å². The SMILES string of the molecule is O=C(Nc1ccc(C2SCC(=O)N2c2ccc3c(c2)CCC3)cc1)c1ccc(Cl)cc1. The lowest BCUT2D eigenvalue weighted by atomic mass is 10.1. The van der Waals surface area contributed by atoms with Crippen LogP contribution in [0.4, 0.5) is 11.4 Å². The maximum absolute atomic E-state index is 12.7. The third-order valence-corrected chi connectivity index (χ3v) is 7.25. The standard InChI is InChI=1S/C25H21ClN2O2S/c26-20-9-4-17(5-10-20)24(30)27-21-11-6-18(7-12-21)25-28(23(29)15-31-25)22-13-8-16-2-1-3-19(16)14-22/h4-14,25H,1-3,15H2,(H,27,30). The van der Waals surface area contributed by atoms with Crippen LogP contribution in [0.2, 0.25) is 5.02 Å². The van der Waals surface area contributed by atoms with Crippen molar-refractivity contribution in [2.75, 3.05) is 16.0 Å². The first-order valence-electron chi connectivity index (χ1n) is 10.3. The van der Waals surface area contributed by atoms with E-state index in [0.29, 0.717) is 22.0 Å². The van der Waals surface area contributed by atoms with Crippen molar-refractivity contribution in [3.8, 4) is 0 Å². The van der Waals surface area contributed by atoms with Crippen LogP contribution in [-0.2, 0) is 17.6 Å². The van der Waals surface area contributed by atoms with Crippen LogP contribution in [0, 0.1) is 0 Å². The van der Waals surface area contributed by atoms with E-state index in [1.807, 2.05) is 29.2 Å². The summed E-state index contributed by atoms with van der Waals surface area (Å²) < 4.78 is 0. The molecule has 0 saturated carbocycles. The Hall–Kier alpha value is -2.76. The minimum absolute atomic E-state index is 0.0621. The fourth-order valence-corrected chi connectivity index (χ4v) is 5.50. The Balaban J connectivity index is 1.34. The molecule has 0 bridgehead atoms. The molecular formula is C25H21ClN2O2S. The van der Waals surface area contributed by atoms with E-state index in [9.17, 15) is 9.59 Å². The number of anilines is 2. The maximum Gasteiger partial charge on any atom is 0.255 e. The van der Waals surface area contributed by atoms with Crippen LogP contribution < -0.4 is 10.2 Å². The zero-order valence-electron chi connectivity index (χ0n) is 16.8. The van der Waals surface area contributed by atoms with Crippen molar-refractivity contribution in [1.82, 2.24) is 0 Å². The van der Waals surface area contributed by atoms with Crippen LogP contribution in [0.25, 0.3) is 0 Å². The van der Waals surface area contributed by atoms with Crippen LogP contribution in [-0.4, -0.2) is 17.6 Å². The molecule has 0 radical (unpaired) electrons. The normalized spacial score (nSPS) is 17.6. The Kier molecular flexibility index (Phi) is 5.47. The van der Waals surface area contributed by atoms with Crippen molar-refractivity contribution in [1.29, 1.82) is 0 Å². The number of carbonyl (C=O) groups excluding carboxylic acids is 2. The summed E-state index contributed by atoms with van der Waals surface area (Å²) in [4.78, 5) is 27.0. The predicted molar refractivity (Wildman–Crippen MR) is 127 cm³/mol. The Morgan fingerprint density at radius 2 is 1.71 bits per heavy atom. The smallest absolute Gasteiger partial charge is 0.255 e. The first kappa shape index (κ1) is 20.2. The zero-order chi connectivity index (χ0) is 21.4. The van der Waals surface area contributed by atoms with Crippen molar-refractivity contribution in [3.63, 3.8) is 0 Å². The van der Waals surface area contributed by atoms with E-state index < -0.39 is 0 Å². The van der Waals surface area contributed by atoms with Gasteiger partial charge in [-0.2, -0.15) is 0 Å². The quantitative estimate of drug-likeness (QED) is 0.543. The number of hydrogen-bond acceptors (Lipinski definition) is 3. The molecular weight excluding hydrogens is 428 g/mol. The fourth-order valence-electron chi connectivity index (χ4n) is 4.19. The minimum Gasteiger partial charge on any atom is -0.322 e. The average Bonchev–Trinajstić information content (AvgIpc) is 3.40. The van der Waals surface area contributed by atoms with Gasteiger partial charge in [0, 0.05) is 22.0 Å². The van der Waals surface area contributed by atoms with E-state index in [-0.39, 0.29) is 17.2 Å². The molecule has 1 unspecified atom stereocenters. The molecule has 1 aliphatic heterocycles. The summed E-state index contributed by atoms with van der Waals surface area (Å²) >= 11 is 7.52. The summed E-state index contributed by atoms with van der Waals surface area (Å²) in [7, 11) is 0. The second-order valence-electron chi connectivity index (χ2n) is 7.82. The molecule has 1 fully saturated rings. The summed E-state index contributed by atoms with van der Waals surface area (Å²) in [6.07, 6.45) is 3.41. The van der Waals surface area contributed by atoms with E-state index in [0.717, 1.165) is 24.1 Å². The van der Waals surface area contributed by atoms with Gasteiger partial charge in [0.25, 0.3) is 5.91 Å². The summed E-state index contributed by atoms with van der Waals surface area (Å²) in [6.45, 7) is 0. The molecule has 156 valence electrons. The topological polar surface area (TPSA) is 49.4 Å². The summed E-state index contributed by atoms with van der Waals surface area (Å²) in [5.41, 5.74) is 6.04. The van der Waals surface area contributed by atoms with Crippen molar-refractivity contribution in [2.45, 2.75) is 24.6 Å². The molecule has 1 atom stereocenters. The van der Waals surface area contributed by atoms with Gasteiger partial charge < -0.3 is 5.32 Å². The Bertz CT molecular complexity index is 1150. The summed E-state index contributed by atoms with van der Waals surface area (Å²) in [6, 6.07) is 20.9. The van der Waals surface area contributed by atoms with E-state index >= 15 is 0 Å². The van der Waals surface area contributed by atoms with E-state index in [1.165, 1.54) is 17.5 Å². The monoisotopic (exact) mass is 448 g/mol. The number of thioether (sulfide) groups is 1. The molecule has 2 aliphatic rings. The Labute approximate surface area is 190 Å². The molecule has 3 aromatic rings. The minimum atomic E-state index is -0.186. The summed E-state index contributed by atoms with van der Waals surface area (Å²) in [5, 5.41) is 3.44. The van der Waals surface area contributed by atoms with Crippen molar-refractivity contribution in [3.05, 3.63) is 94.0 Å². The number of hydrogen-bond donors (Lipinski definition) is 1. The number of carbonyl (C=O) groups is 2. The number of amides is 2. The first-order valence-corrected chi connectivity index (χ1v) is 11.7. The van der Waals surface area contributed by atoms with Crippen LogP contribution >= 0.6 is 23.4 Å². The van der Waals surface area contributed by atoms with Crippen molar-refractivity contribution in [2.24, 2.45) is 0 Å². The molecule has 0 spiro atoms. The highest BCUT2D eigenvalue weighted by Crippen LogP contribution is 2.43. The van der Waals surface area contributed by atoms with Gasteiger partial charge in [-0.1, -0.05) is 29.8 Å².